The maximum absolute atomic E-state index is 11.9. The molecule has 1 amide bonds. The van der Waals surface area contributed by atoms with E-state index in [1.807, 2.05) is 6.07 Å². The molecule has 0 fully saturated rings. The first-order valence-corrected chi connectivity index (χ1v) is 8.98. The molecule has 0 aliphatic rings. The van der Waals surface area contributed by atoms with Gasteiger partial charge < -0.3 is 10.1 Å². The minimum Gasteiger partial charge on any atom is -0.452 e. The molecule has 0 bridgehead atoms. The number of carbonyl (C=O) groups is 2. The highest BCUT2D eigenvalue weighted by Gasteiger charge is 2.17. The van der Waals surface area contributed by atoms with Gasteiger partial charge in [-0.3, -0.25) is 4.79 Å². The molecule has 1 rings (SSSR count). The lowest BCUT2D eigenvalue weighted by Crippen LogP contribution is -2.42. The Hall–Kier alpha value is -2.44. The van der Waals surface area contributed by atoms with E-state index >= 15 is 0 Å². The first-order valence-electron chi connectivity index (χ1n) is 7.50. The van der Waals surface area contributed by atoms with Crippen LogP contribution in [-0.4, -0.2) is 39.0 Å². The Bertz CT molecular complexity index is 758. The fraction of sp³-hybridized carbons (Fsp3) is 0.438. The maximum atomic E-state index is 11.9. The number of amides is 1. The maximum Gasteiger partial charge on any atom is 0.338 e. The average molecular weight is 367 g/mol. The van der Waals surface area contributed by atoms with Gasteiger partial charge in [-0.1, -0.05) is 0 Å². The zero-order valence-electron chi connectivity index (χ0n) is 14.3. The molecular weight excluding hydrogens is 346 g/mol. The highest BCUT2D eigenvalue weighted by atomic mass is 32.2. The van der Waals surface area contributed by atoms with Crippen LogP contribution in [0.25, 0.3) is 0 Å². The molecule has 9 heteroatoms. The number of nitriles is 1. The quantitative estimate of drug-likeness (QED) is 0.546. The third-order valence-corrected chi connectivity index (χ3v) is 4.25. The number of nitrogens with one attached hydrogen (secondary N) is 2. The Kier molecular flexibility index (Phi) is 7.09. The Morgan fingerprint density at radius 1 is 1.20 bits per heavy atom. The molecule has 2 N–H and O–H groups in total. The van der Waals surface area contributed by atoms with E-state index in [4.69, 9.17) is 10.00 Å². The van der Waals surface area contributed by atoms with Crippen molar-refractivity contribution in [3.63, 3.8) is 0 Å². The largest absolute Gasteiger partial charge is 0.452 e. The SMILES string of the molecule is CC(C)(C)NC(=O)COC(=O)c1ccc(S(=O)(=O)NCCC#N)cc1. The zero-order chi connectivity index (χ0) is 19.1. The minimum absolute atomic E-state index is 0.00547. The molecule has 0 spiro atoms. The summed E-state index contributed by atoms with van der Waals surface area (Å²) < 4.78 is 31.0. The van der Waals surface area contributed by atoms with Crippen molar-refractivity contribution in [2.45, 2.75) is 37.6 Å². The Morgan fingerprint density at radius 2 is 1.80 bits per heavy atom. The molecule has 0 heterocycles. The molecule has 1 aromatic rings. The van der Waals surface area contributed by atoms with Gasteiger partial charge in [-0.05, 0) is 45.0 Å². The number of ether oxygens (including phenoxy) is 1. The Balaban J connectivity index is 2.65. The number of hydrogen-bond acceptors (Lipinski definition) is 6. The highest BCUT2D eigenvalue weighted by molar-refractivity contribution is 7.89. The van der Waals surface area contributed by atoms with Crippen molar-refractivity contribution >= 4 is 21.9 Å². The molecule has 0 saturated heterocycles. The summed E-state index contributed by atoms with van der Waals surface area (Å²) in [5.41, 5.74) is -0.308. The van der Waals surface area contributed by atoms with Gasteiger partial charge in [0, 0.05) is 18.5 Å². The van der Waals surface area contributed by atoms with Crippen molar-refractivity contribution in [2.24, 2.45) is 0 Å². The van der Waals surface area contributed by atoms with E-state index in [2.05, 4.69) is 10.0 Å². The van der Waals surface area contributed by atoms with Crippen LogP contribution in [0, 0.1) is 11.3 Å². The number of nitrogens with zero attached hydrogens (tertiary/aromatic N) is 1. The van der Waals surface area contributed by atoms with Gasteiger partial charge in [-0.25, -0.2) is 17.9 Å². The molecule has 0 atom stereocenters. The number of hydrogen-bond donors (Lipinski definition) is 2. The topological polar surface area (TPSA) is 125 Å². The van der Waals surface area contributed by atoms with Gasteiger partial charge in [0.25, 0.3) is 5.91 Å². The fourth-order valence-corrected chi connectivity index (χ4v) is 2.80. The molecule has 136 valence electrons. The minimum atomic E-state index is -3.74. The van der Waals surface area contributed by atoms with Crippen molar-refractivity contribution in [1.29, 1.82) is 5.26 Å². The van der Waals surface area contributed by atoms with Crippen molar-refractivity contribution in [3.8, 4) is 6.07 Å². The number of sulfonamides is 1. The normalized spacial score (nSPS) is 11.4. The van der Waals surface area contributed by atoms with Crippen LogP contribution in [0.1, 0.15) is 37.6 Å². The van der Waals surface area contributed by atoms with Crippen LogP contribution in [0.2, 0.25) is 0 Å². The van der Waals surface area contributed by atoms with Crippen molar-refractivity contribution in [3.05, 3.63) is 29.8 Å². The standard InChI is InChI=1S/C16H21N3O5S/c1-16(2,3)19-14(20)11-24-15(21)12-5-7-13(8-6-12)25(22,23)18-10-4-9-17/h5-8,18H,4,10-11H2,1-3H3,(H,19,20). The van der Waals surface area contributed by atoms with Crippen molar-refractivity contribution < 1.29 is 22.7 Å². The Labute approximate surface area is 147 Å². The fourth-order valence-electron chi connectivity index (χ4n) is 1.76. The monoisotopic (exact) mass is 367 g/mol. The van der Waals surface area contributed by atoms with Gasteiger partial charge in [-0.15, -0.1) is 0 Å². The summed E-state index contributed by atoms with van der Waals surface area (Å²) in [4.78, 5) is 23.5. The first kappa shape index (κ1) is 20.6. The molecule has 0 saturated carbocycles. The Morgan fingerprint density at radius 3 is 2.32 bits per heavy atom. The van der Waals surface area contributed by atoms with Gasteiger partial charge in [0.1, 0.15) is 0 Å². The van der Waals surface area contributed by atoms with Gasteiger partial charge >= 0.3 is 5.97 Å². The van der Waals surface area contributed by atoms with Crippen LogP contribution in [0.3, 0.4) is 0 Å². The van der Waals surface area contributed by atoms with E-state index in [0.717, 1.165) is 0 Å². The summed E-state index contributed by atoms with van der Waals surface area (Å²) in [6, 6.07) is 6.92. The molecule has 1 aromatic carbocycles. The molecule has 8 nitrogen and oxygen atoms in total. The second-order valence-electron chi connectivity index (χ2n) is 6.20. The smallest absolute Gasteiger partial charge is 0.338 e. The van der Waals surface area contributed by atoms with E-state index in [9.17, 15) is 18.0 Å². The molecule has 0 aromatic heterocycles. The summed E-state index contributed by atoms with van der Waals surface area (Å²) >= 11 is 0. The lowest BCUT2D eigenvalue weighted by atomic mass is 10.1. The number of benzene rings is 1. The van der Waals surface area contributed by atoms with Crippen LogP contribution < -0.4 is 10.0 Å². The second-order valence-corrected chi connectivity index (χ2v) is 7.97. The van der Waals surface area contributed by atoms with E-state index in [1.54, 1.807) is 20.8 Å². The lowest BCUT2D eigenvalue weighted by Gasteiger charge is -2.20. The van der Waals surface area contributed by atoms with E-state index in [-0.39, 0.29) is 23.4 Å². The van der Waals surface area contributed by atoms with E-state index in [0.29, 0.717) is 0 Å². The average Bonchev–Trinajstić information content (AvgIpc) is 2.51. The summed E-state index contributed by atoms with van der Waals surface area (Å²) in [5, 5.41) is 11.1. The molecular formula is C16H21N3O5S. The first-order chi connectivity index (χ1) is 11.5. The molecule has 0 aliphatic heterocycles. The highest BCUT2D eigenvalue weighted by Crippen LogP contribution is 2.11. The van der Waals surface area contributed by atoms with Crippen LogP contribution in [-0.2, 0) is 19.6 Å². The molecule has 0 unspecified atom stereocenters. The van der Waals surface area contributed by atoms with E-state index < -0.39 is 34.0 Å². The van der Waals surface area contributed by atoms with Gasteiger partial charge in [0.2, 0.25) is 10.0 Å². The lowest BCUT2D eigenvalue weighted by molar-refractivity contribution is -0.125. The summed E-state index contributed by atoms with van der Waals surface area (Å²) in [6.45, 7) is 4.99. The van der Waals surface area contributed by atoms with Crippen molar-refractivity contribution in [1.82, 2.24) is 10.0 Å². The van der Waals surface area contributed by atoms with Crippen LogP contribution in [0.5, 0.6) is 0 Å². The van der Waals surface area contributed by atoms with Gasteiger partial charge in [-0.2, -0.15) is 5.26 Å². The van der Waals surface area contributed by atoms with Crippen molar-refractivity contribution in [2.75, 3.05) is 13.2 Å². The molecule has 25 heavy (non-hydrogen) atoms. The van der Waals surface area contributed by atoms with Crippen LogP contribution in [0.15, 0.2) is 29.2 Å². The second kappa shape index (κ2) is 8.60. The van der Waals surface area contributed by atoms with Gasteiger partial charge in [0.15, 0.2) is 6.61 Å². The van der Waals surface area contributed by atoms with Crippen LogP contribution >= 0.6 is 0 Å². The third kappa shape index (κ3) is 7.32. The zero-order valence-corrected chi connectivity index (χ0v) is 15.1. The third-order valence-electron chi connectivity index (χ3n) is 2.78. The summed E-state index contributed by atoms with van der Waals surface area (Å²) in [5.74, 6) is -1.16. The molecule has 0 radical (unpaired) electrons. The van der Waals surface area contributed by atoms with Crippen LogP contribution in [0.4, 0.5) is 0 Å². The summed E-state index contributed by atoms with van der Waals surface area (Å²) in [6.07, 6.45) is 0.0558. The van der Waals surface area contributed by atoms with Gasteiger partial charge in [0.05, 0.1) is 16.5 Å². The predicted octanol–water partition coefficient (Wildman–Crippen LogP) is 0.950. The number of carbonyl (C=O) groups excluding carboxylic acids is 2. The molecule has 0 aliphatic carbocycles. The van der Waals surface area contributed by atoms with E-state index in [1.165, 1.54) is 24.3 Å². The number of esters is 1. The number of rotatable bonds is 7. The summed E-state index contributed by atoms with van der Waals surface area (Å²) in [7, 11) is -3.74. The predicted molar refractivity (Wildman–Crippen MR) is 90.0 cm³/mol.